The first-order valence-electron chi connectivity index (χ1n) is 7.20. The molecule has 2 bridgehead atoms. The number of halogens is 9. The van der Waals surface area contributed by atoms with Crippen LogP contribution in [0.2, 0.25) is 0 Å². The number of ether oxygens (including phenoxy) is 1. The maximum atomic E-state index is 12.7. The van der Waals surface area contributed by atoms with E-state index in [-0.39, 0.29) is 19.3 Å². The highest BCUT2D eigenvalue weighted by Crippen LogP contribution is 2.56. The lowest BCUT2D eigenvalue weighted by atomic mass is 9.79. The normalized spacial score (nSPS) is 30.6. The van der Waals surface area contributed by atoms with Crippen LogP contribution >= 0.6 is 0 Å². The molecule has 0 aromatic heterocycles. The summed E-state index contributed by atoms with van der Waals surface area (Å²) >= 11 is 0. The van der Waals surface area contributed by atoms with Gasteiger partial charge in [-0.15, -0.1) is 0 Å². The second kappa shape index (κ2) is 5.92. The van der Waals surface area contributed by atoms with Crippen molar-refractivity contribution >= 4 is 5.97 Å². The van der Waals surface area contributed by atoms with Gasteiger partial charge in [0.2, 0.25) is 0 Å². The van der Waals surface area contributed by atoms with E-state index in [1.807, 2.05) is 0 Å². The minimum atomic E-state index is -5.94. The number of carbonyl (C=O) groups is 1. The summed E-state index contributed by atoms with van der Waals surface area (Å²) in [4.78, 5) is 10.8. The average molecular weight is 388 g/mol. The monoisotopic (exact) mass is 388 g/mol. The first-order chi connectivity index (χ1) is 11.1. The third kappa shape index (κ3) is 3.68. The Kier molecular flexibility index (Phi) is 4.76. The number of carbonyl (C=O) groups excluding carboxylic acids is 1. The van der Waals surface area contributed by atoms with Crippen LogP contribution in [0.5, 0.6) is 0 Å². The van der Waals surface area contributed by atoms with Gasteiger partial charge in [0.05, 0.1) is 0 Å². The molecule has 12 heteroatoms. The molecule has 1 N–H and O–H groups in total. The number of alkyl halides is 9. The summed E-state index contributed by atoms with van der Waals surface area (Å²) in [5.74, 6) is -5.16. The zero-order chi connectivity index (χ0) is 19.4. The van der Waals surface area contributed by atoms with Gasteiger partial charge in [-0.05, 0) is 43.4 Å². The van der Waals surface area contributed by atoms with E-state index in [9.17, 15) is 49.4 Å². The van der Waals surface area contributed by atoms with E-state index in [1.165, 1.54) is 0 Å². The molecule has 2 fully saturated rings. The molecule has 4 unspecified atom stereocenters. The molecule has 0 saturated heterocycles. The van der Waals surface area contributed by atoms with Crippen LogP contribution in [-0.4, -0.2) is 41.3 Å². The number of hydrogen-bond acceptors (Lipinski definition) is 3. The van der Waals surface area contributed by atoms with Crippen molar-refractivity contribution in [1.29, 1.82) is 0 Å². The highest BCUT2D eigenvalue weighted by molar-refractivity contribution is 5.75. The van der Waals surface area contributed by atoms with Gasteiger partial charge in [-0.1, -0.05) is 0 Å². The molecule has 0 heterocycles. The van der Waals surface area contributed by atoms with Gasteiger partial charge in [0, 0.05) is 0 Å². The molecule has 0 aliphatic heterocycles. The first kappa shape index (κ1) is 20.1. The van der Waals surface area contributed by atoms with Crippen LogP contribution in [0.15, 0.2) is 0 Å². The van der Waals surface area contributed by atoms with Crippen LogP contribution in [0.1, 0.15) is 25.7 Å². The van der Waals surface area contributed by atoms with Crippen molar-refractivity contribution in [3.05, 3.63) is 0 Å². The maximum absolute atomic E-state index is 12.7. The SMILES string of the molecule is O=C(OC1CC2CC1CC2CC(O)(C(F)(F)F)C(F)(F)F)C(F)(F)F. The average Bonchev–Trinajstić information content (AvgIpc) is 2.94. The van der Waals surface area contributed by atoms with Crippen LogP contribution in [0.25, 0.3) is 0 Å². The molecule has 0 aromatic carbocycles. The smallest absolute Gasteiger partial charge is 0.455 e. The van der Waals surface area contributed by atoms with Gasteiger partial charge in [0.1, 0.15) is 6.10 Å². The number of rotatable bonds is 3. The third-order valence-corrected chi connectivity index (χ3v) is 4.92. The van der Waals surface area contributed by atoms with Gasteiger partial charge in [0.25, 0.3) is 5.60 Å². The van der Waals surface area contributed by atoms with Crippen molar-refractivity contribution in [2.24, 2.45) is 17.8 Å². The summed E-state index contributed by atoms with van der Waals surface area (Å²) in [5, 5.41) is 9.21. The minimum absolute atomic E-state index is 0.0479. The van der Waals surface area contributed by atoms with Gasteiger partial charge in [-0.25, -0.2) is 4.79 Å². The zero-order valence-corrected chi connectivity index (χ0v) is 12.3. The lowest BCUT2D eigenvalue weighted by Gasteiger charge is -2.37. The Hall–Kier alpha value is -1.20. The topological polar surface area (TPSA) is 46.5 Å². The molecule has 0 amide bonds. The van der Waals surface area contributed by atoms with E-state index < -0.39 is 60.4 Å². The van der Waals surface area contributed by atoms with Crippen molar-refractivity contribution in [3.8, 4) is 0 Å². The van der Waals surface area contributed by atoms with Crippen LogP contribution in [0.4, 0.5) is 39.5 Å². The van der Waals surface area contributed by atoms with Crippen LogP contribution in [0, 0.1) is 17.8 Å². The Morgan fingerprint density at radius 3 is 1.76 bits per heavy atom. The lowest BCUT2D eigenvalue weighted by molar-refractivity contribution is -0.373. The van der Waals surface area contributed by atoms with Crippen molar-refractivity contribution < 1.29 is 54.2 Å². The number of aliphatic hydroxyl groups is 1. The summed E-state index contributed by atoms with van der Waals surface area (Å²) in [6, 6.07) is 0. The Morgan fingerprint density at radius 1 is 0.880 bits per heavy atom. The van der Waals surface area contributed by atoms with Crippen LogP contribution < -0.4 is 0 Å². The second-order valence-corrected chi connectivity index (χ2v) is 6.49. The van der Waals surface area contributed by atoms with E-state index in [0.29, 0.717) is 0 Å². The summed E-state index contributed by atoms with van der Waals surface area (Å²) in [6.45, 7) is 0. The number of hydrogen-bond donors (Lipinski definition) is 1. The highest BCUT2D eigenvalue weighted by Gasteiger charge is 2.71. The summed E-state index contributed by atoms with van der Waals surface area (Å²) in [7, 11) is 0. The van der Waals surface area contributed by atoms with Crippen molar-refractivity contribution in [2.45, 2.75) is 55.9 Å². The third-order valence-electron chi connectivity index (χ3n) is 4.92. The summed E-state index contributed by atoms with van der Waals surface area (Å²) in [5.41, 5.74) is -4.88. The molecule has 2 aliphatic carbocycles. The fraction of sp³-hybridized carbons (Fsp3) is 0.923. The molecule has 0 aromatic rings. The molecule has 2 rings (SSSR count). The van der Waals surface area contributed by atoms with Crippen LogP contribution in [0.3, 0.4) is 0 Å². The second-order valence-electron chi connectivity index (χ2n) is 6.49. The van der Waals surface area contributed by atoms with Crippen molar-refractivity contribution in [1.82, 2.24) is 0 Å². The molecular formula is C13H13F9O3. The van der Waals surface area contributed by atoms with E-state index >= 15 is 0 Å². The minimum Gasteiger partial charge on any atom is -0.455 e. The lowest BCUT2D eigenvalue weighted by Crippen LogP contribution is -2.58. The van der Waals surface area contributed by atoms with Gasteiger partial charge < -0.3 is 9.84 Å². The maximum Gasteiger partial charge on any atom is 0.490 e. The Balaban J connectivity index is 2.04. The van der Waals surface area contributed by atoms with E-state index in [0.717, 1.165) is 0 Å². The molecule has 146 valence electrons. The predicted molar refractivity (Wildman–Crippen MR) is 61.9 cm³/mol. The predicted octanol–water partition coefficient (Wildman–Crippen LogP) is 3.75. The Morgan fingerprint density at radius 2 is 1.40 bits per heavy atom. The number of fused-ring (bicyclic) bond motifs is 2. The fourth-order valence-corrected chi connectivity index (χ4v) is 3.71. The van der Waals surface area contributed by atoms with E-state index in [1.54, 1.807) is 0 Å². The molecule has 0 radical (unpaired) electrons. The van der Waals surface area contributed by atoms with Crippen molar-refractivity contribution in [2.75, 3.05) is 0 Å². The van der Waals surface area contributed by atoms with Gasteiger partial charge in [-0.2, -0.15) is 39.5 Å². The zero-order valence-electron chi connectivity index (χ0n) is 12.3. The quantitative estimate of drug-likeness (QED) is 0.592. The Labute approximate surface area is 135 Å². The Bertz CT molecular complexity index is 508. The van der Waals surface area contributed by atoms with Crippen molar-refractivity contribution in [3.63, 3.8) is 0 Å². The molecule has 25 heavy (non-hydrogen) atoms. The van der Waals surface area contributed by atoms with E-state index in [2.05, 4.69) is 4.74 Å². The largest absolute Gasteiger partial charge is 0.490 e. The first-order valence-corrected chi connectivity index (χ1v) is 7.20. The summed E-state index contributed by atoms with van der Waals surface area (Å²) in [6.07, 6.45) is -20.4. The number of esters is 1. The standard InChI is InChI=1S/C13H13F9O3/c14-11(15,16)9(23)25-8-3-5-1-6(8)2-7(5)4-10(24,12(17,18)19)13(20,21)22/h5-8,24H,1-4H2. The fourth-order valence-electron chi connectivity index (χ4n) is 3.71. The molecule has 2 aliphatic rings. The molecular weight excluding hydrogens is 375 g/mol. The molecule has 4 atom stereocenters. The molecule has 0 spiro atoms. The van der Waals surface area contributed by atoms with E-state index in [4.69, 9.17) is 0 Å². The highest BCUT2D eigenvalue weighted by atomic mass is 19.4. The van der Waals surface area contributed by atoms with Crippen LogP contribution in [-0.2, 0) is 9.53 Å². The van der Waals surface area contributed by atoms with Gasteiger partial charge in [0.15, 0.2) is 0 Å². The molecule has 2 saturated carbocycles. The molecule has 3 nitrogen and oxygen atoms in total. The van der Waals surface area contributed by atoms with Gasteiger partial charge in [-0.3, -0.25) is 0 Å². The summed E-state index contributed by atoms with van der Waals surface area (Å²) < 4.78 is 117. The van der Waals surface area contributed by atoms with Gasteiger partial charge >= 0.3 is 24.5 Å².